The summed E-state index contributed by atoms with van der Waals surface area (Å²) in [7, 11) is 1.96. The Hall–Kier alpha value is -3.56. The van der Waals surface area contributed by atoms with Crippen molar-refractivity contribution >= 4 is 44.2 Å². The summed E-state index contributed by atoms with van der Waals surface area (Å²) in [6.45, 7) is 1.47. The summed E-state index contributed by atoms with van der Waals surface area (Å²) in [6, 6.07) is 20.4. The van der Waals surface area contributed by atoms with Gasteiger partial charge in [-0.1, -0.05) is 61.6 Å². The highest BCUT2D eigenvalue weighted by atomic mass is 79.9. The largest absolute Gasteiger partial charge is 0.390 e. The molecule has 0 saturated carbocycles. The molecule has 190 valence electrons. The maximum atomic E-state index is 5.86. The van der Waals surface area contributed by atoms with Gasteiger partial charge < -0.3 is 22.5 Å². The Kier molecular flexibility index (Phi) is 13.0. The highest BCUT2D eigenvalue weighted by Gasteiger charge is 2.00. The number of benzene rings is 3. The summed E-state index contributed by atoms with van der Waals surface area (Å²) >= 11 is 7.15. The Bertz CT molecular complexity index is 1360. The Labute approximate surface area is 235 Å². The van der Waals surface area contributed by atoms with E-state index < -0.39 is 0 Å². The fourth-order valence-corrected chi connectivity index (χ4v) is 4.36. The van der Waals surface area contributed by atoms with Gasteiger partial charge in [-0.3, -0.25) is 10.4 Å². The Morgan fingerprint density at radius 1 is 0.838 bits per heavy atom. The predicted molar refractivity (Wildman–Crippen MR) is 162 cm³/mol. The second kappa shape index (κ2) is 16.2. The van der Waals surface area contributed by atoms with Crippen molar-refractivity contribution in [3.8, 4) is 23.7 Å². The van der Waals surface area contributed by atoms with Crippen molar-refractivity contribution < 1.29 is 0 Å². The standard InChI is InChI=1S/C28H26Br2N4.CH4N2/c1-33-11-9-24-14-22(16-26(29)18-24)7-5-20-3-2-4-21(13-20)6-8-23-15-25(19-27(30)17-23)10-12-34-28(31)32;2-1-3/h2-4,13-19,33H,9-12H2,1H3,(H4,31,32,34);1H,(H3,2,3). The van der Waals surface area contributed by atoms with Gasteiger partial charge in [0.2, 0.25) is 0 Å². The summed E-state index contributed by atoms with van der Waals surface area (Å²) < 4.78 is 2.01. The predicted octanol–water partition coefficient (Wildman–Crippen LogP) is 4.14. The van der Waals surface area contributed by atoms with E-state index in [0.717, 1.165) is 62.5 Å². The third-order valence-corrected chi connectivity index (χ3v) is 5.75. The number of rotatable bonds is 6. The van der Waals surface area contributed by atoms with E-state index in [1.807, 2.05) is 43.4 Å². The average molecular weight is 622 g/mol. The number of nitrogens with zero attached hydrogens (tertiary/aromatic N) is 1. The van der Waals surface area contributed by atoms with E-state index in [9.17, 15) is 0 Å². The molecule has 8 heteroatoms. The number of hydrogen-bond donors (Lipinski definition) is 5. The minimum atomic E-state index is 0.104. The van der Waals surface area contributed by atoms with Crippen LogP contribution in [-0.4, -0.2) is 32.4 Å². The topological polar surface area (TPSA) is 126 Å². The molecule has 6 nitrogen and oxygen atoms in total. The molecule has 0 aromatic heterocycles. The number of halogens is 2. The molecular weight excluding hydrogens is 592 g/mol. The molecule has 0 unspecified atom stereocenters. The highest BCUT2D eigenvalue weighted by molar-refractivity contribution is 9.10. The minimum Gasteiger partial charge on any atom is -0.390 e. The lowest BCUT2D eigenvalue weighted by molar-refractivity contribution is 0.791. The van der Waals surface area contributed by atoms with Crippen molar-refractivity contribution in [2.24, 2.45) is 22.2 Å². The van der Waals surface area contributed by atoms with Crippen LogP contribution in [-0.2, 0) is 12.8 Å². The van der Waals surface area contributed by atoms with Crippen LogP contribution in [0.4, 0.5) is 0 Å². The first-order chi connectivity index (χ1) is 17.8. The zero-order valence-electron chi connectivity index (χ0n) is 20.6. The van der Waals surface area contributed by atoms with Gasteiger partial charge in [0, 0.05) is 37.7 Å². The molecule has 0 saturated heterocycles. The van der Waals surface area contributed by atoms with Crippen LogP contribution in [0.1, 0.15) is 33.4 Å². The van der Waals surface area contributed by atoms with E-state index in [0.29, 0.717) is 6.54 Å². The Morgan fingerprint density at radius 2 is 1.32 bits per heavy atom. The van der Waals surface area contributed by atoms with Gasteiger partial charge in [0.15, 0.2) is 5.96 Å². The molecule has 3 aromatic carbocycles. The summed E-state index contributed by atoms with van der Waals surface area (Å²) in [5.41, 5.74) is 21.3. The van der Waals surface area contributed by atoms with Crippen LogP contribution in [0.3, 0.4) is 0 Å². The van der Waals surface area contributed by atoms with Crippen molar-refractivity contribution in [2.75, 3.05) is 20.1 Å². The lowest BCUT2D eigenvalue weighted by Crippen LogP contribution is -2.23. The normalized spacial score (nSPS) is 9.49. The van der Waals surface area contributed by atoms with Gasteiger partial charge in [0.25, 0.3) is 0 Å². The van der Waals surface area contributed by atoms with E-state index in [2.05, 4.69) is 95.8 Å². The molecule has 0 bridgehead atoms. The van der Waals surface area contributed by atoms with E-state index in [-0.39, 0.29) is 5.96 Å². The lowest BCUT2D eigenvalue weighted by Gasteiger charge is -2.03. The Morgan fingerprint density at radius 3 is 1.81 bits per heavy atom. The maximum Gasteiger partial charge on any atom is 0.185 e. The molecule has 0 radical (unpaired) electrons. The van der Waals surface area contributed by atoms with Crippen LogP contribution in [0.15, 0.2) is 74.6 Å². The zero-order valence-corrected chi connectivity index (χ0v) is 23.8. The van der Waals surface area contributed by atoms with E-state index in [1.54, 1.807) is 0 Å². The fraction of sp³-hybridized carbons (Fsp3) is 0.172. The van der Waals surface area contributed by atoms with Crippen molar-refractivity contribution in [3.05, 3.63) is 103 Å². The molecule has 37 heavy (non-hydrogen) atoms. The quantitative estimate of drug-likeness (QED) is 0.161. The summed E-state index contributed by atoms with van der Waals surface area (Å²) in [5, 5.41) is 9.04. The van der Waals surface area contributed by atoms with Gasteiger partial charge in [0.05, 0.1) is 6.34 Å². The van der Waals surface area contributed by atoms with Gasteiger partial charge in [-0.2, -0.15) is 0 Å². The molecule has 0 heterocycles. The molecule has 3 rings (SSSR count). The number of aliphatic imine (C=N–C) groups is 1. The van der Waals surface area contributed by atoms with Gasteiger partial charge in [-0.15, -0.1) is 0 Å². The SMILES string of the molecule is CNCCc1cc(Br)cc(C#Cc2cccc(C#Cc3cc(Br)cc(CCN=C(N)N)c3)c2)c1.N=CN. The summed E-state index contributed by atoms with van der Waals surface area (Å²) in [6.07, 6.45) is 2.45. The first-order valence-electron chi connectivity index (χ1n) is 11.5. The molecule has 0 spiro atoms. The average Bonchev–Trinajstić information content (AvgIpc) is 2.85. The number of nitrogens with one attached hydrogen (secondary N) is 2. The zero-order chi connectivity index (χ0) is 27.0. The monoisotopic (exact) mass is 620 g/mol. The van der Waals surface area contributed by atoms with Crippen LogP contribution < -0.4 is 22.5 Å². The third kappa shape index (κ3) is 11.8. The second-order valence-corrected chi connectivity index (χ2v) is 9.69. The number of nitrogens with two attached hydrogens (primary N) is 3. The lowest BCUT2D eigenvalue weighted by atomic mass is 10.1. The smallest absolute Gasteiger partial charge is 0.185 e. The molecule has 0 fully saturated rings. The van der Waals surface area contributed by atoms with E-state index >= 15 is 0 Å². The van der Waals surface area contributed by atoms with Crippen LogP contribution in [0.25, 0.3) is 0 Å². The van der Waals surface area contributed by atoms with Crippen LogP contribution in [0, 0.1) is 29.1 Å². The number of guanidine groups is 1. The third-order valence-electron chi connectivity index (χ3n) is 4.84. The maximum absolute atomic E-state index is 5.86. The molecule has 0 aliphatic heterocycles. The molecule has 0 amide bonds. The fourth-order valence-electron chi connectivity index (χ4n) is 3.28. The van der Waals surface area contributed by atoms with Gasteiger partial charge in [-0.05, 0) is 92.2 Å². The molecule has 8 N–H and O–H groups in total. The van der Waals surface area contributed by atoms with Gasteiger partial charge in [0.1, 0.15) is 0 Å². The van der Waals surface area contributed by atoms with Crippen LogP contribution in [0.5, 0.6) is 0 Å². The van der Waals surface area contributed by atoms with Crippen LogP contribution in [0.2, 0.25) is 0 Å². The first kappa shape index (κ1) is 29.7. The van der Waals surface area contributed by atoms with Gasteiger partial charge >= 0.3 is 0 Å². The van der Waals surface area contributed by atoms with E-state index in [4.69, 9.17) is 16.9 Å². The molecule has 0 atom stereocenters. The first-order valence-corrected chi connectivity index (χ1v) is 13.0. The number of likely N-dealkylation sites (N-methyl/N-ethyl adjacent to an activating group) is 1. The summed E-state index contributed by atoms with van der Waals surface area (Å²) in [5.74, 6) is 13.1. The molecule has 3 aromatic rings. The molecule has 0 aliphatic carbocycles. The van der Waals surface area contributed by atoms with Crippen molar-refractivity contribution in [3.63, 3.8) is 0 Å². The van der Waals surface area contributed by atoms with Crippen molar-refractivity contribution in [1.82, 2.24) is 5.32 Å². The second-order valence-electron chi connectivity index (χ2n) is 7.85. The number of hydrogen-bond acceptors (Lipinski definition) is 3. The molecule has 0 aliphatic rings. The van der Waals surface area contributed by atoms with Gasteiger partial charge in [-0.25, -0.2) is 0 Å². The van der Waals surface area contributed by atoms with Crippen LogP contribution >= 0.6 is 31.9 Å². The highest BCUT2D eigenvalue weighted by Crippen LogP contribution is 2.17. The van der Waals surface area contributed by atoms with Crippen molar-refractivity contribution in [1.29, 1.82) is 5.41 Å². The van der Waals surface area contributed by atoms with E-state index in [1.165, 1.54) is 5.56 Å². The summed E-state index contributed by atoms with van der Waals surface area (Å²) in [4.78, 5) is 4.05. The van der Waals surface area contributed by atoms with Crippen molar-refractivity contribution in [2.45, 2.75) is 12.8 Å². The Balaban J connectivity index is 0.00000153. The minimum absolute atomic E-state index is 0.104. The molecular formula is C29H30Br2N6.